The number of amides is 1. The van der Waals surface area contributed by atoms with E-state index < -0.39 is 0 Å². The zero-order chi connectivity index (χ0) is 15.1. The van der Waals surface area contributed by atoms with Gasteiger partial charge in [-0.05, 0) is 36.9 Å². The Morgan fingerprint density at radius 3 is 2.65 bits per heavy atom. The Kier molecular flexibility index (Phi) is 6.52. The Morgan fingerprint density at radius 2 is 2.10 bits per heavy atom. The highest BCUT2D eigenvalue weighted by Crippen LogP contribution is 2.22. The van der Waals surface area contributed by atoms with Crippen molar-refractivity contribution in [2.75, 3.05) is 25.6 Å². The largest absolute Gasteiger partial charge is 0.497 e. The number of nitrogens with two attached hydrogens (primary N) is 1. The molecule has 1 atom stereocenters. The summed E-state index contributed by atoms with van der Waals surface area (Å²) in [7, 11) is 3.41. The normalized spacial score (nSPS) is 12.3. The number of benzene rings is 1. The van der Waals surface area contributed by atoms with Crippen molar-refractivity contribution in [3.05, 3.63) is 24.3 Å². The third kappa shape index (κ3) is 4.85. The van der Waals surface area contributed by atoms with Gasteiger partial charge in [0.2, 0.25) is 5.91 Å². The summed E-state index contributed by atoms with van der Waals surface area (Å²) in [6.07, 6.45) is 1.47. The van der Waals surface area contributed by atoms with E-state index in [1.807, 2.05) is 24.3 Å². The van der Waals surface area contributed by atoms with Crippen LogP contribution >= 0.6 is 0 Å². The van der Waals surface area contributed by atoms with Crippen LogP contribution in [0.2, 0.25) is 0 Å². The first-order chi connectivity index (χ1) is 9.47. The molecule has 1 amide bonds. The van der Waals surface area contributed by atoms with Crippen molar-refractivity contribution in [3.8, 4) is 5.75 Å². The molecule has 1 unspecified atom stereocenters. The Balaban J connectivity index is 2.70. The number of hydrogen-bond acceptors (Lipinski definition) is 3. The Hall–Kier alpha value is -1.55. The summed E-state index contributed by atoms with van der Waals surface area (Å²) in [5, 5.41) is 0. The molecule has 0 aliphatic rings. The smallest absolute Gasteiger partial charge is 0.227 e. The minimum atomic E-state index is 0.0920. The lowest BCUT2D eigenvalue weighted by molar-refractivity contribution is -0.119. The summed E-state index contributed by atoms with van der Waals surface area (Å²) in [6.45, 7) is 4.85. The Morgan fingerprint density at radius 1 is 1.40 bits per heavy atom. The first-order valence-electron chi connectivity index (χ1n) is 7.08. The molecule has 1 aromatic carbocycles. The number of rotatable bonds is 7. The average molecular weight is 278 g/mol. The van der Waals surface area contributed by atoms with E-state index in [0.29, 0.717) is 18.9 Å². The van der Waals surface area contributed by atoms with Crippen molar-refractivity contribution < 1.29 is 9.53 Å². The molecule has 0 bridgehead atoms. The summed E-state index contributed by atoms with van der Waals surface area (Å²) in [5.41, 5.74) is 6.61. The molecule has 0 saturated carbocycles. The molecule has 0 aliphatic carbocycles. The molecule has 0 fully saturated rings. The predicted molar refractivity (Wildman–Crippen MR) is 83.0 cm³/mol. The van der Waals surface area contributed by atoms with E-state index in [-0.39, 0.29) is 11.8 Å². The molecule has 112 valence electrons. The first kappa shape index (κ1) is 16.5. The van der Waals surface area contributed by atoms with Crippen molar-refractivity contribution in [1.82, 2.24) is 0 Å². The van der Waals surface area contributed by atoms with Crippen LogP contribution in [0, 0.1) is 11.8 Å². The van der Waals surface area contributed by atoms with Gasteiger partial charge in [-0.15, -0.1) is 0 Å². The SMILES string of the molecule is COc1cccc(N(C)C(=O)CC(CN)CC(C)C)c1. The molecule has 4 nitrogen and oxygen atoms in total. The minimum absolute atomic E-state index is 0.0920. The second-order valence-electron chi connectivity index (χ2n) is 5.59. The van der Waals surface area contributed by atoms with Gasteiger partial charge in [0, 0.05) is 25.2 Å². The van der Waals surface area contributed by atoms with Gasteiger partial charge in [0.25, 0.3) is 0 Å². The summed E-state index contributed by atoms with van der Waals surface area (Å²) >= 11 is 0. The molecule has 1 aromatic rings. The van der Waals surface area contributed by atoms with E-state index in [2.05, 4.69) is 13.8 Å². The van der Waals surface area contributed by atoms with E-state index >= 15 is 0 Å². The van der Waals surface area contributed by atoms with Crippen molar-refractivity contribution in [2.24, 2.45) is 17.6 Å². The Bertz CT molecular complexity index is 432. The van der Waals surface area contributed by atoms with Gasteiger partial charge in [0.05, 0.1) is 7.11 Å². The molecule has 1 rings (SSSR count). The summed E-state index contributed by atoms with van der Waals surface area (Å²) in [5.74, 6) is 1.64. The van der Waals surface area contributed by atoms with Crippen LogP contribution in [0.25, 0.3) is 0 Å². The van der Waals surface area contributed by atoms with Crippen LogP contribution in [0.3, 0.4) is 0 Å². The fourth-order valence-electron chi connectivity index (χ4n) is 2.28. The quantitative estimate of drug-likeness (QED) is 0.834. The fourth-order valence-corrected chi connectivity index (χ4v) is 2.28. The molecular formula is C16H26N2O2. The van der Waals surface area contributed by atoms with Crippen LogP contribution < -0.4 is 15.4 Å². The van der Waals surface area contributed by atoms with E-state index in [1.165, 1.54) is 0 Å². The first-order valence-corrected chi connectivity index (χ1v) is 7.08. The van der Waals surface area contributed by atoms with Crippen molar-refractivity contribution >= 4 is 11.6 Å². The summed E-state index contributed by atoms with van der Waals surface area (Å²) < 4.78 is 5.18. The molecule has 4 heteroatoms. The number of ether oxygens (including phenoxy) is 1. The lowest BCUT2D eigenvalue weighted by Crippen LogP contribution is -2.30. The van der Waals surface area contributed by atoms with Crippen LogP contribution in [0.4, 0.5) is 5.69 Å². The molecule has 2 N–H and O–H groups in total. The minimum Gasteiger partial charge on any atom is -0.497 e. The molecule has 0 aliphatic heterocycles. The van der Waals surface area contributed by atoms with Crippen LogP contribution in [0.5, 0.6) is 5.75 Å². The maximum absolute atomic E-state index is 12.3. The van der Waals surface area contributed by atoms with E-state index in [0.717, 1.165) is 17.9 Å². The topological polar surface area (TPSA) is 55.6 Å². The molecule has 0 aromatic heterocycles. The number of methoxy groups -OCH3 is 1. The second-order valence-corrected chi connectivity index (χ2v) is 5.59. The van der Waals surface area contributed by atoms with Gasteiger partial charge in [-0.2, -0.15) is 0 Å². The van der Waals surface area contributed by atoms with Crippen LogP contribution in [0.15, 0.2) is 24.3 Å². The average Bonchev–Trinajstić information content (AvgIpc) is 2.45. The number of carbonyl (C=O) groups excluding carboxylic acids is 1. The van der Waals surface area contributed by atoms with Gasteiger partial charge in [-0.1, -0.05) is 19.9 Å². The number of hydrogen-bond donors (Lipinski definition) is 1. The zero-order valence-corrected chi connectivity index (χ0v) is 12.9. The van der Waals surface area contributed by atoms with Crippen molar-refractivity contribution in [3.63, 3.8) is 0 Å². The van der Waals surface area contributed by atoms with E-state index in [9.17, 15) is 4.79 Å². The molecule has 20 heavy (non-hydrogen) atoms. The molecule has 0 heterocycles. The molecular weight excluding hydrogens is 252 g/mol. The third-order valence-electron chi connectivity index (χ3n) is 3.42. The van der Waals surface area contributed by atoms with Crippen LogP contribution in [0.1, 0.15) is 26.7 Å². The van der Waals surface area contributed by atoms with Gasteiger partial charge in [0.1, 0.15) is 5.75 Å². The highest BCUT2D eigenvalue weighted by Gasteiger charge is 2.18. The second kappa shape index (κ2) is 7.90. The lowest BCUT2D eigenvalue weighted by Gasteiger charge is -2.22. The van der Waals surface area contributed by atoms with Gasteiger partial charge in [-0.3, -0.25) is 4.79 Å². The van der Waals surface area contributed by atoms with Crippen molar-refractivity contribution in [1.29, 1.82) is 0 Å². The van der Waals surface area contributed by atoms with Gasteiger partial charge in [0.15, 0.2) is 0 Å². The van der Waals surface area contributed by atoms with E-state index in [1.54, 1.807) is 19.1 Å². The van der Waals surface area contributed by atoms with Crippen LogP contribution in [-0.2, 0) is 4.79 Å². The summed E-state index contributed by atoms with van der Waals surface area (Å²) in [6, 6.07) is 7.51. The van der Waals surface area contributed by atoms with Crippen LogP contribution in [-0.4, -0.2) is 26.6 Å². The van der Waals surface area contributed by atoms with Gasteiger partial charge in [-0.25, -0.2) is 0 Å². The van der Waals surface area contributed by atoms with Gasteiger partial charge >= 0.3 is 0 Å². The molecule has 0 radical (unpaired) electrons. The molecule has 0 spiro atoms. The number of anilines is 1. The summed E-state index contributed by atoms with van der Waals surface area (Å²) in [4.78, 5) is 14.0. The third-order valence-corrected chi connectivity index (χ3v) is 3.42. The van der Waals surface area contributed by atoms with Crippen molar-refractivity contribution in [2.45, 2.75) is 26.7 Å². The molecule has 0 saturated heterocycles. The zero-order valence-electron chi connectivity index (χ0n) is 12.9. The fraction of sp³-hybridized carbons (Fsp3) is 0.562. The highest BCUT2D eigenvalue weighted by molar-refractivity contribution is 5.93. The highest BCUT2D eigenvalue weighted by atomic mass is 16.5. The Labute approximate surface area is 121 Å². The lowest BCUT2D eigenvalue weighted by atomic mass is 9.94. The maximum atomic E-state index is 12.3. The number of nitrogens with zero attached hydrogens (tertiary/aromatic N) is 1. The van der Waals surface area contributed by atoms with E-state index in [4.69, 9.17) is 10.5 Å². The standard InChI is InChI=1S/C16H26N2O2/c1-12(2)8-13(11-17)9-16(19)18(3)14-6-5-7-15(10-14)20-4/h5-7,10,12-13H,8-9,11,17H2,1-4H3. The number of carbonyl (C=O) groups is 1. The van der Waals surface area contributed by atoms with Gasteiger partial charge < -0.3 is 15.4 Å². The monoisotopic (exact) mass is 278 g/mol. The predicted octanol–water partition coefficient (Wildman–Crippen LogP) is 2.67. The maximum Gasteiger partial charge on any atom is 0.227 e.